The lowest BCUT2D eigenvalue weighted by molar-refractivity contribution is 0.306. The SMILES string of the molecule is N#CC(=Cc1ccc(OCc2ccc(F)cc2)cc1)S(=O)(=O)c1ccccc1. The second-order valence-corrected chi connectivity index (χ2v) is 7.84. The number of rotatable bonds is 6. The maximum absolute atomic E-state index is 12.9. The lowest BCUT2D eigenvalue weighted by atomic mass is 10.2. The fourth-order valence-electron chi connectivity index (χ4n) is 2.46. The van der Waals surface area contributed by atoms with Gasteiger partial charge in [-0.1, -0.05) is 42.5 Å². The highest BCUT2D eigenvalue weighted by molar-refractivity contribution is 7.95. The van der Waals surface area contributed by atoms with Crippen LogP contribution in [0.5, 0.6) is 5.75 Å². The lowest BCUT2D eigenvalue weighted by Crippen LogP contribution is -2.03. The third kappa shape index (κ3) is 4.64. The van der Waals surface area contributed by atoms with Gasteiger partial charge < -0.3 is 4.74 Å². The molecule has 0 spiro atoms. The van der Waals surface area contributed by atoms with Crippen LogP contribution >= 0.6 is 0 Å². The van der Waals surface area contributed by atoms with Crippen LogP contribution in [0, 0.1) is 17.1 Å². The summed E-state index contributed by atoms with van der Waals surface area (Å²) in [6.07, 6.45) is 1.33. The maximum atomic E-state index is 12.9. The molecule has 0 aliphatic rings. The molecule has 0 aliphatic carbocycles. The average Bonchev–Trinajstić information content (AvgIpc) is 2.73. The van der Waals surface area contributed by atoms with Gasteiger partial charge in [-0.2, -0.15) is 5.26 Å². The molecule has 0 saturated heterocycles. The number of halogens is 1. The van der Waals surface area contributed by atoms with Crippen LogP contribution in [0.1, 0.15) is 11.1 Å². The second-order valence-electron chi connectivity index (χ2n) is 5.92. The van der Waals surface area contributed by atoms with Crippen LogP contribution in [0.25, 0.3) is 6.08 Å². The Balaban J connectivity index is 1.75. The van der Waals surface area contributed by atoms with Crippen LogP contribution in [0.3, 0.4) is 0 Å². The van der Waals surface area contributed by atoms with Gasteiger partial charge in [-0.25, -0.2) is 12.8 Å². The quantitative estimate of drug-likeness (QED) is 0.567. The molecule has 0 aliphatic heterocycles. The third-order valence-electron chi connectivity index (χ3n) is 3.95. The van der Waals surface area contributed by atoms with Gasteiger partial charge in [-0.05, 0) is 53.6 Å². The average molecular weight is 393 g/mol. The van der Waals surface area contributed by atoms with Gasteiger partial charge in [0.05, 0.1) is 4.90 Å². The number of benzene rings is 3. The molecule has 0 N–H and O–H groups in total. The number of nitrogens with zero attached hydrogens (tertiary/aromatic N) is 1. The Morgan fingerprint density at radius 3 is 2.21 bits per heavy atom. The molecule has 6 heteroatoms. The fraction of sp³-hybridized carbons (Fsp3) is 0.0455. The van der Waals surface area contributed by atoms with Crippen molar-refractivity contribution >= 4 is 15.9 Å². The summed E-state index contributed by atoms with van der Waals surface area (Å²) in [6, 6.07) is 22.3. The van der Waals surface area contributed by atoms with Gasteiger partial charge in [-0.15, -0.1) is 0 Å². The maximum Gasteiger partial charge on any atom is 0.216 e. The molecular weight excluding hydrogens is 377 g/mol. The summed E-state index contributed by atoms with van der Waals surface area (Å²) >= 11 is 0. The summed E-state index contributed by atoms with van der Waals surface area (Å²) in [4.78, 5) is -0.263. The molecule has 28 heavy (non-hydrogen) atoms. The van der Waals surface area contributed by atoms with E-state index in [9.17, 15) is 18.1 Å². The van der Waals surface area contributed by atoms with Gasteiger partial charge in [0.15, 0.2) is 0 Å². The highest BCUT2D eigenvalue weighted by atomic mass is 32.2. The summed E-state index contributed by atoms with van der Waals surface area (Å²) in [5.74, 6) is 0.268. The van der Waals surface area contributed by atoms with Crippen molar-refractivity contribution in [2.45, 2.75) is 11.5 Å². The van der Waals surface area contributed by atoms with E-state index in [0.717, 1.165) is 5.56 Å². The number of hydrogen-bond acceptors (Lipinski definition) is 4. The highest BCUT2D eigenvalue weighted by Crippen LogP contribution is 2.22. The first-order valence-corrected chi connectivity index (χ1v) is 9.86. The van der Waals surface area contributed by atoms with Crippen molar-refractivity contribution in [3.63, 3.8) is 0 Å². The van der Waals surface area contributed by atoms with Crippen molar-refractivity contribution in [1.82, 2.24) is 0 Å². The largest absolute Gasteiger partial charge is 0.489 e. The first-order chi connectivity index (χ1) is 13.5. The number of allylic oxidation sites excluding steroid dienone is 1. The summed E-state index contributed by atoms with van der Waals surface area (Å²) in [7, 11) is -3.87. The van der Waals surface area contributed by atoms with Gasteiger partial charge in [0.25, 0.3) is 0 Å². The standard InChI is InChI=1S/C22H16FNO3S/c23-19-10-6-18(7-11-19)16-27-20-12-8-17(9-13-20)14-22(15-24)28(25,26)21-4-2-1-3-5-21/h1-14H,16H2. The first kappa shape index (κ1) is 19.3. The Hall–Kier alpha value is -3.43. The van der Waals surface area contributed by atoms with Crippen molar-refractivity contribution in [2.75, 3.05) is 0 Å². The molecule has 3 rings (SSSR count). The number of hydrogen-bond donors (Lipinski definition) is 0. The molecule has 0 saturated carbocycles. The minimum atomic E-state index is -3.87. The first-order valence-electron chi connectivity index (χ1n) is 8.38. The van der Waals surface area contributed by atoms with Crippen LogP contribution in [0.4, 0.5) is 4.39 Å². The third-order valence-corrected chi connectivity index (χ3v) is 5.63. The van der Waals surface area contributed by atoms with E-state index in [4.69, 9.17) is 4.74 Å². The van der Waals surface area contributed by atoms with Crippen molar-refractivity contribution in [2.24, 2.45) is 0 Å². The molecule has 3 aromatic carbocycles. The van der Waals surface area contributed by atoms with E-state index in [1.165, 1.54) is 30.3 Å². The summed E-state index contributed by atoms with van der Waals surface area (Å²) in [5, 5.41) is 9.32. The van der Waals surface area contributed by atoms with Crippen LogP contribution in [0.2, 0.25) is 0 Å². The van der Waals surface area contributed by atoms with Crippen molar-refractivity contribution in [3.8, 4) is 11.8 Å². The second kappa shape index (κ2) is 8.51. The zero-order chi connectivity index (χ0) is 20.0. The Morgan fingerprint density at radius 2 is 1.61 bits per heavy atom. The summed E-state index contributed by atoms with van der Waals surface area (Å²) in [6.45, 7) is 0.279. The van der Waals surface area contributed by atoms with E-state index in [1.807, 2.05) is 0 Å². The van der Waals surface area contributed by atoms with E-state index in [-0.39, 0.29) is 22.2 Å². The predicted octanol–water partition coefficient (Wildman–Crippen LogP) is 4.74. The van der Waals surface area contributed by atoms with Crippen LogP contribution in [-0.4, -0.2) is 8.42 Å². The Labute approximate surface area is 163 Å². The van der Waals surface area contributed by atoms with E-state index >= 15 is 0 Å². The smallest absolute Gasteiger partial charge is 0.216 e. The molecule has 4 nitrogen and oxygen atoms in total. The van der Waals surface area contributed by atoms with E-state index in [0.29, 0.717) is 11.3 Å². The van der Waals surface area contributed by atoms with Crippen molar-refractivity contribution < 1.29 is 17.5 Å². The van der Waals surface area contributed by atoms with E-state index in [2.05, 4.69) is 0 Å². The van der Waals surface area contributed by atoms with Gasteiger partial charge in [-0.3, -0.25) is 0 Å². The van der Waals surface area contributed by atoms with Crippen LogP contribution in [-0.2, 0) is 16.4 Å². The van der Waals surface area contributed by atoms with Crippen LogP contribution in [0.15, 0.2) is 88.7 Å². The molecule has 0 fully saturated rings. The minimum Gasteiger partial charge on any atom is -0.489 e. The number of nitriles is 1. The molecule has 0 amide bonds. The monoisotopic (exact) mass is 393 g/mol. The van der Waals surface area contributed by atoms with E-state index < -0.39 is 9.84 Å². The number of ether oxygens (including phenoxy) is 1. The predicted molar refractivity (Wildman–Crippen MR) is 104 cm³/mol. The molecule has 0 atom stereocenters. The molecule has 0 unspecified atom stereocenters. The fourth-order valence-corrected chi connectivity index (χ4v) is 3.64. The minimum absolute atomic E-state index is 0.0713. The summed E-state index contributed by atoms with van der Waals surface area (Å²) < 4.78 is 43.7. The van der Waals surface area contributed by atoms with E-state index in [1.54, 1.807) is 60.7 Å². The molecule has 0 aromatic heterocycles. The summed E-state index contributed by atoms with van der Waals surface area (Å²) in [5.41, 5.74) is 1.39. The topological polar surface area (TPSA) is 67.2 Å². The highest BCUT2D eigenvalue weighted by Gasteiger charge is 2.20. The van der Waals surface area contributed by atoms with Gasteiger partial charge in [0.1, 0.15) is 29.1 Å². The molecule has 140 valence electrons. The molecular formula is C22H16FNO3S. The van der Waals surface area contributed by atoms with Crippen LogP contribution < -0.4 is 4.74 Å². The molecule has 0 bridgehead atoms. The van der Waals surface area contributed by atoms with Crippen molar-refractivity contribution in [3.05, 3.63) is 101 Å². The Kier molecular flexibility index (Phi) is 5.87. The Morgan fingerprint density at radius 1 is 0.964 bits per heavy atom. The van der Waals surface area contributed by atoms with Gasteiger partial charge in [0.2, 0.25) is 9.84 Å². The normalized spacial score (nSPS) is 11.6. The van der Waals surface area contributed by atoms with Gasteiger partial charge in [0, 0.05) is 0 Å². The van der Waals surface area contributed by atoms with Crippen molar-refractivity contribution in [1.29, 1.82) is 5.26 Å². The molecule has 0 heterocycles. The molecule has 3 aromatic rings. The zero-order valence-corrected chi connectivity index (χ0v) is 15.6. The molecule has 0 radical (unpaired) electrons. The number of sulfone groups is 1. The van der Waals surface area contributed by atoms with Gasteiger partial charge >= 0.3 is 0 Å². The lowest BCUT2D eigenvalue weighted by Gasteiger charge is -2.07. The zero-order valence-electron chi connectivity index (χ0n) is 14.7. The Bertz CT molecular complexity index is 1120.